The molecular formula is C16H13FN2O2. The lowest BCUT2D eigenvalue weighted by molar-refractivity contribution is 0.0951. The number of hydrogen-bond donors (Lipinski definition) is 2. The van der Waals surface area contributed by atoms with Crippen molar-refractivity contribution in [2.45, 2.75) is 13.2 Å². The van der Waals surface area contributed by atoms with E-state index in [2.05, 4.69) is 5.32 Å². The number of carbonyl (C=O) groups excluding carboxylic acids is 1. The zero-order valence-electron chi connectivity index (χ0n) is 11.1. The van der Waals surface area contributed by atoms with E-state index in [4.69, 9.17) is 10.4 Å². The van der Waals surface area contributed by atoms with Crippen LogP contribution in [-0.2, 0) is 13.2 Å². The summed E-state index contributed by atoms with van der Waals surface area (Å²) >= 11 is 0. The largest absolute Gasteiger partial charge is 0.392 e. The standard InChI is InChI=1S/C16H13FN2O2/c17-15-5-4-12(7-14(15)10-20)9-19-16(21)13-3-1-2-11(6-13)8-18/h1-7,20H,9-10H2,(H,19,21). The Labute approximate surface area is 121 Å². The fourth-order valence-electron chi connectivity index (χ4n) is 1.87. The van der Waals surface area contributed by atoms with E-state index in [1.54, 1.807) is 24.3 Å². The Morgan fingerprint density at radius 1 is 1.29 bits per heavy atom. The van der Waals surface area contributed by atoms with Crippen LogP contribution in [0.4, 0.5) is 4.39 Å². The second-order valence-electron chi connectivity index (χ2n) is 4.46. The minimum atomic E-state index is -0.478. The Morgan fingerprint density at radius 3 is 2.81 bits per heavy atom. The maximum absolute atomic E-state index is 13.2. The highest BCUT2D eigenvalue weighted by Crippen LogP contribution is 2.11. The monoisotopic (exact) mass is 284 g/mol. The number of nitrogens with zero attached hydrogens (tertiary/aromatic N) is 1. The number of hydrogen-bond acceptors (Lipinski definition) is 3. The van der Waals surface area contributed by atoms with Crippen molar-refractivity contribution >= 4 is 5.91 Å². The molecule has 0 saturated carbocycles. The lowest BCUT2D eigenvalue weighted by atomic mass is 10.1. The van der Waals surface area contributed by atoms with E-state index in [0.29, 0.717) is 16.7 Å². The molecule has 1 amide bonds. The van der Waals surface area contributed by atoms with Crippen molar-refractivity contribution in [2.75, 3.05) is 0 Å². The number of nitrogens with one attached hydrogen (secondary N) is 1. The molecule has 0 aliphatic carbocycles. The van der Waals surface area contributed by atoms with Crippen LogP contribution in [0.15, 0.2) is 42.5 Å². The first-order chi connectivity index (χ1) is 10.1. The van der Waals surface area contributed by atoms with Gasteiger partial charge in [-0.05, 0) is 35.9 Å². The third-order valence-electron chi connectivity index (χ3n) is 2.99. The number of carbonyl (C=O) groups is 1. The van der Waals surface area contributed by atoms with E-state index in [1.807, 2.05) is 6.07 Å². The minimum Gasteiger partial charge on any atom is -0.392 e. The second-order valence-corrected chi connectivity index (χ2v) is 4.46. The third kappa shape index (κ3) is 3.65. The van der Waals surface area contributed by atoms with E-state index >= 15 is 0 Å². The molecule has 0 aliphatic rings. The number of amides is 1. The van der Waals surface area contributed by atoms with Gasteiger partial charge in [-0.15, -0.1) is 0 Å². The summed E-state index contributed by atoms with van der Waals surface area (Å²) in [4.78, 5) is 12.0. The summed E-state index contributed by atoms with van der Waals surface area (Å²) in [5, 5.41) is 20.5. The van der Waals surface area contributed by atoms with E-state index in [1.165, 1.54) is 18.2 Å². The molecular weight excluding hydrogens is 271 g/mol. The van der Waals surface area contributed by atoms with Gasteiger partial charge in [0, 0.05) is 17.7 Å². The molecule has 0 radical (unpaired) electrons. The van der Waals surface area contributed by atoms with Crippen LogP contribution in [0.1, 0.15) is 27.0 Å². The summed E-state index contributed by atoms with van der Waals surface area (Å²) in [6.45, 7) is -0.180. The SMILES string of the molecule is N#Cc1cccc(C(=O)NCc2ccc(F)c(CO)c2)c1. The third-order valence-corrected chi connectivity index (χ3v) is 2.99. The van der Waals surface area contributed by atoms with Crippen molar-refractivity contribution in [1.82, 2.24) is 5.32 Å². The summed E-state index contributed by atoms with van der Waals surface area (Å²) in [6.07, 6.45) is 0. The molecule has 0 aliphatic heterocycles. The topological polar surface area (TPSA) is 73.1 Å². The van der Waals surface area contributed by atoms with Crippen LogP contribution in [-0.4, -0.2) is 11.0 Å². The molecule has 0 heterocycles. The molecule has 0 aromatic heterocycles. The zero-order valence-corrected chi connectivity index (χ0v) is 11.1. The van der Waals surface area contributed by atoms with Crippen LogP contribution in [0.2, 0.25) is 0 Å². The first-order valence-electron chi connectivity index (χ1n) is 6.30. The Balaban J connectivity index is 2.05. The molecule has 0 bridgehead atoms. The van der Waals surface area contributed by atoms with Crippen LogP contribution in [0.3, 0.4) is 0 Å². The molecule has 0 unspecified atom stereocenters. The Morgan fingerprint density at radius 2 is 2.10 bits per heavy atom. The molecule has 106 valence electrons. The van der Waals surface area contributed by atoms with E-state index < -0.39 is 12.4 Å². The molecule has 0 fully saturated rings. The average molecular weight is 284 g/mol. The van der Waals surface area contributed by atoms with Gasteiger partial charge in [-0.2, -0.15) is 5.26 Å². The van der Waals surface area contributed by atoms with Crippen molar-refractivity contribution < 1.29 is 14.3 Å². The molecule has 2 aromatic carbocycles. The molecule has 5 heteroatoms. The summed E-state index contributed by atoms with van der Waals surface area (Å²) in [5.74, 6) is -0.795. The summed E-state index contributed by atoms with van der Waals surface area (Å²) in [6, 6.07) is 12.6. The second kappa shape index (κ2) is 6.64. The normalized spacial score (nSPS) is 9.95. The summed E-state index contributed by atoms with van der Waals surface area (Å²) in [5.41, 5.74) is 1.67. The van der Waals surface area contributed by atoms with Crippen LogP contribution in [0.5, 0.6) is 0 Å². The van der Waals surface area contributed by atoms with Gasteiger partial charge in [0.05, 0.1) is 18.2 Å². The highest BCUT2D eigenvalue weighted by molar-refractivity contribution is 5.94. The molecule has 2 N–H and O–H groups in total. The van der Waals surface area contributed by atoms with Crippen molar-refractivity contribution in [1.29, 1.82) is 5.26 Å². The van der Waals surface area contributed by atoms with Crippen molar-refractivity contribution in [3.05, 3.63) is 70.5 Å². The van der Waals surface area contributed by atoms with Gasteiger partial charge in [0.15, 0.2) is 0 Å². The Kier molecular flexibility index (Phi) is 4.64. The van der Waals surface area contributed by atoms with Crippen LogP contribution in [0.25, 0.3) is 0 Å². The Hall–Kier alpha value is -2.71. The summed E-state index contributed by atoms with van der Waals surface area (Å²) < 4.78 is 13.2. The van der Waals surface area contributed by atoms with Gasteiger partial charge >= 0.3 is 0 Å². The van der Waals surface area contributed by atoms with Crippen molar-refractivity contribution in [2.24, 2.45) is 0 Å². The van der Waals surface area contributed by atoms with Gasteiger partial charge < -0.3 is 10.4 Å². The minimum absolute atomic E-state index is 0.188. The first kappa shape index (κ1) is 14.7. The molecule has 2 rings (SSSR count). The lowest BCUT2D eigenvalue weighted by Crippen LogP contribution is -2.22. The Bertz CT molecular complexity index is 708. The number of nitriles is 1. The fraction of sp³-hybridized carbons (Fsp3) is 0.125. The molecule has 21 heavy (non-hydrogen) atoms. The smallest absolute Gasteiger partial charge is 0.251 e. The molecule has 0 spiro atoms. The predicted octanol–water partition coefficient (Wildman–Crippen LogP) is 2.12. The van der Waals surface area contributed by atoms with Crippen LogP contribution < -0.4 is 5.32 Å². The number of rotatable bonds is 4. The number of halogens is 1. The maximum Gasteiger partial charge on any atom is 0.251 e. The van der Waals surface area contributed by atoms with Gasteiger partial charge in [0.25, 0.3) is 5.91 Å². The average Bonchev–Trinajstić information content (AvgIpc) is 2.53. The predicted molar refractivity (Wildman–Crippen MR) is 74.7 cm³/mol. The number of benzene rings is 2. The first-order valence-corrected chi connectivity index (χ1v) is 6.30. The van der Waals surface area contributed by atoms with Gasteiger partial charge in [0.2, 0.25) is 0 Å². The van der Waals surface area contributed by atoms with Gasteiger partial charge in [0.1, 0.15) is 5.82 Å². The van der Waals surface area contributed by atoms with Crippen LogP contribution in [0, 0.1) is 17.1 Å². The van der Waals surface area contributed by atoms with Crippen LogP contribution >= 0.6 is 0 Å². The van der Waals surface area contributed by atoms with E-state index in [0.717, 1.165) is 0 Å². The molecule has 2 aromatic rings. The van der Waals surface area contributed by atoms with Gasteiger partial charge in [-0.1, -0.05) is 12.1 Å². The van der Waals surface area contributed by atoms with E-state index in [-0.39, 0.29) is 18.0 Å². The number of aliphatic hydroxyl groups excluding tert-OH is 1. The zero-order chi connectivity index (χ0) is 15.2. The highest BCUT2D eigenvalue weighted by atomic mass is 19.1. The number of aliphatic hydroxyl groups is 1. The summed E-state index contributed by atoms with van der Waals surface area (Å²) in [7, 11) is 0. The quantitative estimate of drug-likeness (QED) is 0.903. The van der Waals surface area contributed by atoms with Crippen molar-refractivity contribution in [3.63, 3.8) is 0 Å². The molecule has 0 atom stereocenters. The van der Waals surface area contributed by atoms with Crippen molar-refractivity contribution in [3.8, 4) is 6.07 Å². The molecule has 0 saturated heterocycles. The van der Waals surface area contributed by atoms with E-state index in [9.17, 15) is 9.18 Å². The van der Waals surface area contributed by atoms with Gasteiger partial charge in [-0.3, -0.25) is 4.79 Å². The fourth-order valence-corrected chi connectivity index (χ4v) is 1.87. The molecule has 4 nitrogen and oxygen atoms in total. The lowest BCUT2D eigenvalue weighted by Gasteiger charge is -2.07. The maximum atomic E-state index is 13.2. The highest BCUT2D eigenvalue weighted by Gasteiger charge is 2.07. The van der Waals surface area contributed by atoms with Gasteiger partial charge in [-0.25, -0.2) is 4.39 Å².